The van der Waals surface area contributed by atoms with Gasteiger partial charge in [-0.05, 0) is 36.3 Å². The lowest BCUT2D eigenvalue weighted by molar-refractivity contribution is -0.160. The van der Waals surface area contributed by atoms with Crippen molar-refractivity contribution in [3.63, 3.8) is 0 Å². The van der Waals surface area contributed by atoms with Crippen molar-refractivity contribution in [1.29, 1.82) is 0 Å². The van der Waals surface area contributed by atoms with Crippen LogP contribution < -0.4 is 5.32 Å². The minimum atomic E-state index is -0.643. The highest BCUT2D eigenvalue weighted by molar-refractivity contribution is 6.05. The van der Waals surface area contributed by atoms with Gasteiger partial charge >= 0.3 is 0 Å². The predicted octanol–water partition coefficient (Wildman–Crippen LogP) is 3.59. The number of likely N-dealkylation sites (tertiary alicyclic amines) is 1. The number of nitrogens with zero attached hydrogens (tertiary/aromatic N) is 2. The van der Waals surface area contributed by atoms with Crippen LogP contribution in [0.5, 0.6) is 0 Å². The summed E-state index contributed by atoms with van der Waals surface area (Å²) < 4.78 is 0. The average molecular weight is 420 g/mol. The van der Waals surface area contributed by atoms with Crippen molar-refractivity contribution < 1.29 is 9.59 Å². The summed E-state index contributed by atoms with van der Waals surface area (Å²) in [6, 6.07) is 20.0. The van der Waals surface area contributed by atoms with E-state index >= 15 is 0 Å². The number of amides is 2. The number of piperidine rings is 1. The second-order valence-corrected chi connectivity index (χ2v) is 9.39. The lowest BCUT2D eigenvalue weighted by Gasteiger charge is -2.49. The molecule has 2 aromatic rings. The van der Waals surface area contributed by atoms with E-state index in [1.807, 2.05) is 36.4 Å². The molecule has 0 saturated carbocycles. The third-order valence-electron chi connectivity index (χ3n) is 6.52. The van der Waals surface area contributed by atoms with E-state index in [-0.39, 0.29) is 17.9 Å². The summed E-state index contributed by atoms with van der Waals surface area (Å²) in [6.07, 6.45) is 2.20. The molecule has 2 saturated heterocycles. The monoisotopic (exact) mass is 419 g/mol. The van der Waals surface area contributed by atoms with E-state index in [4.69, 9.17) is 0 Å². The molecule has 5 nitrogen and oxygen atoms in total. The van der Waals surface area contributed by atoms with Gasteiger partial charge in [0.05, 0.1) is 12.6 Å². The van der Waals surface area contributed by atoms with Crippen LogP contribution in [0, 0.1) is 5.92 Å². The fraction of sp³-hybridized carbons (Fsp3) is 0.462. The molecule has 1 N–H and O–H groups in total. The van der Waals surface area contributed by atoms with Crippen molar-refractivity contribution in [1.82, 2.24) is 15.1 Å². The number of nitrogens with one attached hydrogen (secondary N) is 1. The first-order valence-corrected chi connectivity index (χ1v) is 11.4. The van der Waals surface area contributed by atoms with Gasteiger partial charge in [0.15, 0.2) is 0 Å². The van der Waals surface area contributed by atoms with Crippen molar-refractivity contribution in [3.8, 4) is 0 Å². The minimum Gasteiger partial charge on any atom is -0.299 e. The topological polar surface area (TPSA) is 52.7 Å². The first-order valence-electron chi connectivity index (χ1n) is 11.4. The van der Waals surface area contributed by atoms with Crippen molar-refractivity contribution in [2.24, 2.45) is 5.92 Å². The van der Waals surface area contributed by atoms with Crippen LogP contribution in [0.3, 0.4) is 0 Å². The van der Waals surface area contributed by atoms with Gasteiger partial charge in [-0.2, -0.15) is 0 Å². The standard InChI is InChI=1S/C26H33N3O2/c1-20(2)17-23-24(30)29(19-22-11-7-4-8-12-22)25(31)26(27-23)13-15-28(16-14-26)18-21-9-5-3-6-10-21/h3-12,20,23,27H,13-19H2,1-2H3/t23-/m0/s1. The quantitative estimate of drug-likeness (QED) is 0.727. The van der Waals surface area contributed by atoms with Crippen LogP contribution in [-0.2, 0) is 22.7 Å². The normalized spacial score (nSPS) is 21.8. The summed E-state index contributed by atoms with van der Waals surface area (Å²) in [5.74, 6) is 0.240. The van der Waals surface area contributed by atoms with Crippen LogP contribution >= 0.6 is 0 Å². The smallest absolute Gasteiger partial charge is 0.249 e. The first-order chi connectivity index (χ1) is 15.0. The van der Waals surface area contributed by atoms with Crippen LogP contribution in [0.1, 0.15) is 44.2 Å². The molecule has 4 rings (SSSR count). The molecule has 2 fully saturated rings. The summed E-state index contributed by atoms with van der Waals surface area (Å²) >= 11 is 0. The zero-order valence-corrected chi connectivity index (χ0v) is 18.6. The Labute approximate surface area is 185 Å². The van der Waals surface area contributed by atoms with Crippen LogP contribution in [0.25, 0.3) is 0 Å². The molecule has 0 bridgehead atoms. The fourth-order valence-electron chi connectivity index (χ4n) is 4.84. The van der Waals surface area contributed by atoms with Crippen LogP contribution in [-0.4, -0.2) is 46.3 Å². The molecule has 5 heteroatoms. The molecule has 1 spiro atoms. The van der Waals surface area contributed by atoms with E-state index in [1.54, 1.807) is 0 Å². The van der Waals surface area contributed by atoms with Crippen molar-refractivity contribution in [2.45, 2.75) is 57.8 Å². The van der Waals surface area contributed by atoms with Gasteiger partial charge in [0, 0.05) is 19.6 Å². The zero-order chi connectivity index (χ0) is 21.8. The second-order valence-electron chi connectivity index (χ2n) is 9.39. The number of carbonyl (C=O) groups excluding carboxylic acids is 2. The molecule has 2 aliphatic rings. The molecule has 2 heterocycles. The lowest BCUT2D eigenvalue weighted by Crippen LogP contribution is -2.72. The Morgan fingerprint density at radius 3 is 2.00 bits per heavy atom. The maximum absolute atomic E-state index is 13.6. The molecule has 164 valence electrons. The zero-order valence-electron chi connectivity index (χ0n) is 18.6. The van der Waals surface area contributed by atoms with E-state index < -0.39 is 5.54 Å². The number of rotatable bonds is 6. The Bertz CT molecular complexity index is 889. The van der Waals surface area contributed by atoms with E-state index in [1.165, 1.54) is 10.5 Å². The Balaban J connectivity index is 1.51. The number of imide groups is 1. The Hall–Kier alpha value is -2.50. The van der Waals surface area contributed by atoms with E-state index in [2.05, 4.69) is 48.3 Å². The Morgan fingerprint density at radius 2 is 1.45 bits per heavy atom. The summed E-state index contributed by atoms with van der Waals surface area (Å²) in [6.45, 7) is 7.19. The Kier molecular flexibility index (Phi) is 6.54. The first kappa shape index (κ1) is 21.7. The molecule has 2 amide bonds. The fourth-order valence-corrected chi connectivity index (χ4v) is 4.84. The lowest BCUT2D eigenvalue weighted by atomic mass is 9.81. The van der Waals surface area contributed by atoms with Gasteiger partial charge in [0.2, 0.25) is 11.8 Å². The van der Waals surface area contributed by atoms with Gasteiger partial charge in [-0.15, -0.1) is 0 Å². The predicted molar refractivity (Wildman–Crippen MR) is 122 cm³/mol. The highest BCUT2D eigenvalue weighted by Crippen LogP contribution is 2.32. The highest BCUT2D eigenvalue weighted by atomic mass is 16.2. The maximum atomic E-state index is 13.6. The molecular formula is C26H33N3O2. The third-order valence-corrected chi connectivity index (χ3v) is 6.52. The van der Waals surface area contributed by atoms with Gasteiger partial charge in [0.25, 0.3) is 0 Å². The van der Waals surface area contributed by atoms with Gasteiger partial charge < -0.3 is 0 Å². The van der Waals surface area contributed by atoms with Crippen molar-refractivity contribution in [2.75, 3.05) is 13.1 Å². The number of hydrogen-bond donors (Lipinski definition) is 1. The van der Waals surface area contributed by atoms with Gasteiger partial charge in [-0.3, -0.25) is 24.7 Å². The van der Waals surface area contributed by atoms with E-state index in [0.717, 1.165) is 44.5 Å². The molecule has 0 unspecified atom stereocenters. The van der Waals surface area contributed by atoms with Gasteiger partial charge in [0.1, 0.15) is 5.54 Å². The average Bonchev–Trinajstić information content (AvgIpc) is 2.78. The summed E-state index contributed by atoms with van der Waals surface area (Å²) in [4.78, 5) is 30.8. The van der Waals surface area contributed by atoms with Crippen LogP contribution in [0.2, 0.25) is 0 Å². The summed E-state index contributed by atoms with van der Waals surface area (Å²) in [7, 11) is 0. The van der Waals surface area contributed by atoms with Crippen molar-refractivity contribution in [3.05, 3.63) is 71.8 Å². The SMILES string of the molecule is CC(C)C[C@@H]1NC2(CCN(Cc3ccccc3)CC2)C(=O)N(Cc2ccccc2)C1=O. The number of benzene rings is 2. The molecule has 2 aromatic carbocycles. The molecule has 31 heavy (non-hydrogen) atoms. The maximum Gasteiger partial charge on any atom is 0.249 e. The number of carbonyl (C=O) groups is 2. The number of piperazine rings is 1. The van der Waals surface area contributed by atoms with Crippen LogP contribution in [0.15, 0.2) is 60.7 Å². The molecule has 1 atom stereocenters. The van der Waals surface area contributed by atoms with E-state index in [0.29, 0.717) is 12.5 Å². The third kappa shape index (κ3) is 4.89. The Morgan fingerprint density at radius 1 is 0.903 bits per heavy atom. The van der Waals surface area contributed by atoms with Gasteiger partial charge in [-0.25, -0.2) is 0 Å². The van der Waals surface area contributed by atoms with Crippen LogP contribution in [0.4, 0.5) is 0 Å². The van der Waals surface area contributed by atoms with Gasteiger partial charge in [-0.1, -0.05) is 74.5 Å². The van der Waals surface area contributed by atoms with E-state index in [9.17, 15) is 9.59 Å². The van der Waals surface area contributed by atoms with Crippen molar-refractivity contribution >= 4 is 11.8 Å². The minimum absolute atomic E-state index is 0.0549. The molecule has 0 radical (unpaired) electrons. The molecule has 0 aliphatic carbocycles. The number of hydrogen-bond acceptors (Lipinski definition) is 4. The molecular weight excluding hydrogens is 386 g/mol. The summed E-state index contributed by atoms with van der Waals surface area (Å²) in [5, 5.41) is 3.53. The highest BCUT2D eigenvalue weighted by Gasteiger charge is 2.51. The second kappa shape index (κ2) is 9.33. The molecule has 0 aromatic heterocycles. The summed E-state index contributed by atoms with van der Waals surface area (Å²) in [5.41, 5.74) is 1.64. The largest absolute Gasteiger partial charge is 0.299 e. The molecule has 2 aliphatic heterocycles.